The van der Waals surface area contributed by atoms with E-state index in [0.717, 1.165) is 12.8 Å². The highest BCUT2D eigenvalue weighted by molar-refractivity contribution is 4.65. The van der Waals surface area contributed by atoms with Crippen LogP contribution in [-0.2, 0) is 9.47 Å². The third-order valence-electron chi connectivity index (χ3n) is 1.60. The van der Waals surface area contributed by atoms with Crippen LogP contribution in [-0.4, -0.2) is 26.0 Å². The van der Waals surface area contributed by atoms with Gasteiger partial charge in [-0.1, -0.05) is 0 Å². The predicted octanol–water partition coefficient (Wildman–Crippen LogP) is 0.0966. The molecule has 0 radical (unpaired) electrons. The summed E-state index contributed by atoms with van der Waals surface area (Å²) in [5, 5.41) is 0. The Hall–Kier alpha value is -0.120. The lowest BCUT2D eigenvalue weighted by Crippen LogP contribution is -2.35. The van der Waals surface area contributed by atoms with E-state index in [1.807, 2.05) is 0 Å². The van der Waals surface area contributed by atoms with Crippen LogP contribution in [0, 0.1) is 0 Å². The molecule has 0 spiro atoms. The van der Waals surface area contributed by atoms with Gasteiger partial charge in [0, 0.05) is 7.11 Å². The topological polar surface area (TPSA) is 44.5 Å². The third kappa shape index (κ3) is 1.93. The van der Waals surface area contributed by atoms with Crippen LogP contribution < -0.4 is 5.73 Å². The second kappa shape index (κ2) is 3.15. The number of nitrogens with two attached hydrogens (primary N) is 1. The van der Waals surface area contributed by atoms with Gasteiger partial charge in [-0.05, 0) is 12.8 Å². The minimum atomic E-state index is -0.0589. The second-order valence-electron chi connectivity index (χ2n) is 2.31. The molecule has 0 amide bonds. The first-order valence-corrected chi connectivity index (χ1v) is 3.23. The number of rotatable bonds is 1. The van der Waals surface area contributed by atoms with Gasteiger partial charge in [-0.2, -0.15) is 0 Å². The molecule has 1 saturated heterocycles. The molecule has 3 heteroatoms. The number of hydrogen-bond acceptors (Lipinski definition) is 3. The lowest BCUT2D eigenvalue weighted by atomic mass is 10.1. The van der Waals surface area contributed by atoms with Gasteiger partial charge in [-0.25, -0.2) is 0 Å². The SMILES string of the molecule is COC1CCC(N)OC1. The van der Waals surface area contributed by atoms with E-state index in [9.17, 15) is 0 Å². The fraction of sp³-hybridized carbons (Fsp3) is 1.00. The van der Waals surface area contributed by atoms with E-state index >= 15 is 0 Å². The minimum Gasteiger partial charge on any atom is -0.379 e. The highest BCUT2D eigenvalue weighted by Crippen LogP contribution is 2.11. The van der Waals surface area contributed by atoms with Crippen LogP contribution in [0.15, 0.2) is 0 Å². The molecule has 1 fully saturated rings. The van der Waals surface area contributed by atoms with Gasteiger partial charge in [0.05, 0.1) is 12.7 Å². The van der Waals surface area contributed by atoms with Gasteiger partial charge in [0.2, 0.25) is 0 Å². The van der Waals surface area contributed by atoms with Gasteiger partial charge in [0.25, 0.3) is 0 Å². The number of methoxy groups -OCH3 is 1. The highest BCUT2D eigenvalue weighted by atomic mass is 16.5. The molecule has 0 aromatic carbocycles. The van der Waals surface area contributed by atoms with Crippen molar-refractivity contribution < 1.29 is 9.47 Å². The Morgan fingerprint density at radius 2 is 2.33 bits per heavy atom. The van der Waals surface area contributed by atoms with Crippen LogP contribution >= 0.6 is 0 Å². The van der Waals surface area contributed by atoms with Crippen LogP contribution in [0.5, 0.6) is 0 Å². The first-order chi connectivity index (χ1) is 4.33. The summed E-state index contributed by atoms with van der Waals surface area (Å²) >= 11 is 0. The molecule has 3 nitrogen and oxygen atoms in total. The van der Waals surface area contributed by atoms with Crippen LogP contribution in [0.25, 0.3) is 0 Å². The monoisotopic (exact) mass is 131 g/mol. The summed E-state index contributed by atoms with van der Waals surface area (Å²) in [5.74, 6) is 0. The van der Waals surface area contributed by atoms with Crippen LogP contribution in [0.1, 0.15) is 12.8 Å². The molecule has 0 bridgehead atoms. The fourth-order valence-electron chi connectivity index (χ4n) is 0.934. The maximum atomic E-state index is 5.47. The quantitative estimate of drug-likeness (QED) is 0.548. The minimum absolute atomic E-state index is 0.0589. The molecule has 1 rings (SSSR count). The average molecular weight is 131 g/mol. The normalized spacial score (nSPS) is 36.7. The second-order valence-corrected chi connectivity index (χ2v) is 2.31. The first kappa shape index (κ1) is 6.99. The Bertz CT molecular complexity index is 79.1. The molecule has 2 N–H and O–H groups in total. The summed E-state index contributed by atoms with van der Waals surface area (Å²) in [7, 11) is 1.70. The molecular formula is C6H13NO2. The zero-order valence-electron chi connectivity index (χ0n) is 5.67. The predicted molar refractivity (Wildman–Crippen MR) is 34.0 cm³/mol. The summed E-state index contributed by atoms with van der Waals surface area (Å²) in [5.41, 5.74) is 5.47. The fourth-order valence-corrected chi connectivity index (χ4v) is 0.934. The van der Waals surface area contributed by atoms with Gasteiger partial charge < -0.3 is 15.2 Å². The largest absolute Gasteiger partial charge is 0.379 e. The van der Waals surface area contributed by atoms with Crippen molar-refractivity contribution in [3.63, 3.8) is 0 Å². The summed E-state index contributed by atoms with van der Waals surface area (Å²) in [6.45, 7) is 0.650. The molecule has 2 unspecified atom stereocenters. The Morgan fingerprint density at radius 3 is 2.78 bits per heavy atom. The Morgan fingerprint density at radius 1 is 1.56 bits per heavy atom. The Labute approximate surface area is 55.1 Å². The summed E-state index contributed by atoms with van der Waals surface area (Å²) in [4.78, 5) is 0. The molecule has 0 saturated carbocycles. The van der Waals surface area contributed by atoms with Crippen molar-refractivity contribution in [2.24, 2.45) is 5.73 Å². The number of hydrogen-bond donors (Lipinski definition) is 1. The lowest BCUT2D eigenvalue weighted by molar-refractivity contribution is -0.0684. The van der Waals surface area contributed by atoms with Gasteiger partial charge in [-0.3, -0.25) is 0 Å². The van der Waals surface area contributed by atoms with Gasteiger partial charge in [0.15, 0.2) is 0 Å². The van der Waals surface area contributed by atoms with Crippen LogP contribution in [0.2, 0.25) is 0 Å². The summed E-state index contributed by atoms with van der Waals surface area (Å²) < 4.78 is 10.2. The molecule has 54 valence electrons. The van der Waals surface area contributed by atoms with Gasteiger partial charge in [-0.15, -0.1) is 0 Å². The van der Waals surface area contributed by atoms with E-state index in [1.165, 1.54) is 0 Å². The van der Waals surface area contributed by atoms with E-state index < -0.39 is 0 Å². The van der Waals surface area contributed by atoms with Crippen molar-refractivity contribution in [3.8, 4) is 0 Å². The molecule has 1 aliphatic heterocycles. The van der Waals surface area contributed by atoms with E-state index in [0.29, 0.717) is 6.61 Å². The molecule has 1 aliphatic rings. The number of ether oxygens (including phenoxy) is 2. The van der Waals surface area contributed by atoms with Crippen molar-refractivity contribution >= 4 is 0 Å². The van der Waals surface area contributed by atoms with E-state index in [2.05, 4.69) is 0 Å². The maximum Gasteiger partial charge on any atom is 0.105 e. The van der Waals surface area contributed by atoms with E-state index in [4.69, 9.17) is 15.2 Å². The van der Waals surface area contributed by atoms with Crippen molar-refractivity contribution in [1.29, 1.82) is 0 Å². The average Bonchev–Trinajstić information content (AvgIpc) is 1.90. The lowest BCUT2D eigenvalue weighted by Gasteiger charge is -2.25. The van der Waals surface area contributed by atoms with E-state index in [-0.39, 0.29) is 12.3 Å². The Kier molecular flexibility index (Phi) is 2.45. The summed E-state index contributed by atoms with van der Waals surface area (Å²) in [6, 6.07) is 0. The molecular weight excluding hydrogens is 118 g/mol. The molecule has 9 heavy (non-hydrogen) atoms. The van der Waals surface area contributed by atoms with Crippen molar-refractivity contribution in [2.75, 3.05) is 13.7 Å². The van der Waals surface area contributed by atoms with Gasteiger partial charge in [0.1, 0.15) is 6.23 Å². The molecule has 2 atom stereocenters. The van der Waals surface area contributed by atoms with Crippen molar-refractivity contribution in [1.82, 2.24) is 0 Å². The smallest absolute Gasteiger partial charge is 0.105 e. The third-order valence-corrected chi connectivity index (χ3v) is 1.60. The molecule has 0 aromatic rings. The summed E-state index contributed by atoms with van der Waals surface area (Å²) in [6.07, 6.45) is 2.15. The van der Waals surface area contributed by atoms with E-state index in [1.54, 1.807) is 7.11 Å². The van der Waals surface area contributed by atoms with Gasteiger partial charge >= 0.3 is 0 Å². The maximum absolute atomic E-state index is 5.47. The van der Waals surface area contributed by atoms with Crippen LogP contribution in [0.4, 0.5) is 0 Å². The molecule has 1 heterocycles. The molecule has 0 aliphatic carbocycles. The standard InChI is InChI=1S/C6H13NO2/c1-8-5-2-3-6(7)9-4-5/h5-6H,2-4,7H2,1H3. The zero-order valence-corrected chi connectivity index (χ0v) is 5.67. The first-order valence-electron chi connectivity index (χ1n) is 3.23. The molecule has 0 aromatic heterocycles. The van der Waals surface area contributed by atoms with Crippen molar-refractivity contribution in [2.45, 2.75) is 25.2 Å². The zero-order chi connectivity index (χ0) is 6.69. The van der Waals surface area contributed by atoms with Crippen molar-refractivity contribution in [3.05, 3.63) is 0 Å². The van der Waals surface area contributed by atoms with Crippen LogP contribution in [0.3, 0.4) is 0 Å². The Balaban J connectivity index is 2.18. The highest BCUT2D eigenvalue weighted by Gasteiger charge is 2.17.